The number of carboxylic acids is 1. The second-order valence-electron chi connectivity index (χ2n) is 5.08. The first-order valence-electron chi connectivity index (χ1n) is 6.29. The van der Waals surface area contributed by atoms with Gasteiger partial charge in [-0.05, 0) is 36.0 Å². The molecule has 18 heavy (non-hydrogen) atoms. The van der Waals surface area contributed by atoms with E-state index in [4.69, 9.17) is 5.11 Å². The SMILES string of the molecule is O=C1C[C@H](C(=O)O)[C@@H](c2ccc3c(c2)CCC3)N1. The first kappa shape index (κ1) is 11.3. The normalized spacial score (nSPS) is 25.9. The van der Waals surface area contributed by atoms with Crippen LogP contribution >= 0.6 is 0 Å². The molecule has 1 aromatic rings. The third-order valence-corrected chi connectivity index (χ3v) is 3.92. The Morgan fingerprint density at radius 3 is 2.83 bits per heavy atom. The molecule has 4 nitrogen and oxygen atoms in total. The molecule has 0 radical (unpaired) electrons. The van der Waals surface area contributed by atoms with Gasteiger partial charge in [-0.1, -0.05) is 18.2 Å². The number of amides is 1. The Morgan fingerprint density at radius 2 is 2.06 bits per heavy atom. The molecule has 1 saturated heterocycles. The summed E-state index contributed by atoms with van der Waals surface area (Å²) in [5, 5.41) is 11.9. The van der Waals surface area contributed by atoms with Crippen molar-refractivity contribution in [3.05, 3.63) is 34.9 Å². The number of carbonyl (C=O) groups is 2. The molecule has 1 heterocycles. The molecular weight excluding hydrogens is 230 g/mol. The van der Waals surface area contributed by atoms with Gasteiger partial charge in [0.2, 0.25) is 5.91 Å². The van der Waals surface area contributed by atoms with E-state index in [9.17, 15) is 9.59 Å². The van der Waals surface area contributed by atoms with E-state index >= 15 is 0 Å². The van der Waals surface area contributed by atoms with Crippen LogP contribution in [0.4, 0.5) is 0 Å². The van der Waals surface area contributed by atoms with Crippen molar-refractivity contribution in [3.8, 4) is 0 Å². The van der Waals surface area contributed by atoms with Crippen LogP contribution in [-0.4, -0.2) is 17.0 Å². The zero-order valence-corrected chi connectivity index (χ0v) is 9.98. The highest BCUT2D eigenvalue weighted by Gasteiger charge is 2.38. The molecule has 0 spiro atoms. The minimum absolute atomic E-state index is 0.0804. The van der Waals surface area contributed by atoms with Crippen molar-refractivity contribution < 1.29 is 14.7 Å². The maximum absolute atomic E-state index is 11.4. The molecule has 2 aliphatic rings. The Morgan fingerprint density at radius 1 is 1.28 bits per heavy atom. The molecule has 1 amide bonds. The second-order valence-corrected chi connectivity index (χ2v) is 5.08. The highest BCUT2D eigenvalue weighted by molar-refractivity contribution is 5.87. The monoisotopic (exact) mass is 245 g/mol. The van der Waals surface area contributed by atoms with E-state index < -0.39 is 11.9 Å². The lowest BCUT2D eigenvalue weighted by molar-refractivity contribution is -0.142. The number of nitrogens with one attached hydrogen (secondary N) is 1. The molecule has 2 atom stereocenters. The Balaban J connectivity index is 1.94. The topological polar surface area (TPSA) is 66.4 Å². The highest BCUT2D eigenvalue weighted by Crippen LogP contribution is 2.33. The van der Waals surface area contributed by atoms with Gasteiger partial charge < -0.3 is 10.4 Å². The molecule has 94 valence electrons. The molecule has 1 aromatic carbocycles. The van der Waals surface area contributed by atoms with Gasteiger partial charge in [0, 0.05) is 6.42 Å². The number of hydrogen-bond donors (Lipinski definition) is 2. The molecular formula is C14H15NO3. The lowest BCUT2D eigenvalue weighted by Gasteiger charge is -2.16. The van der Waals surface area contributed by atoms with Gasteiger partial charge >= 0.3 is 5.97 Å². The zero-order valence-electron chi connectivity index (χ0n) is 9.98. The van der Waals surface area contributed by atoms with Crippen molar-refractivity contribution in [3.63, 3.8) is 0 Å². The van der Waals surface area contributed by atoms with E-state index in [2.05, 4.69) is 17.4 Å². The third kappa shape index (κ3) is 1.78. The number of hydrogen-bond acceptors (Lipinski definition) is 2. The van der Waals surface area contributed by atoms with Crippen LogP contribution in [0.3, 0.4) is 0 Å². The number of benzene rings is 1. The zero-order chi connectivity index (χ0) is 12.7. The molecule has 1 aliphatic heterocycles. The Bertz CT molecular complexity index is 524. The summed E-state index contributed by atoms with van der Waals surface area (Å²) in [6.07, 6.45) is 3.41. The van der Waals surface area contributed by atoms with Crippen molar-refractivity contribution in [1.82, 2.24) is 5.32 Å². The van der Waals surface area contributed by atoms with Crippen LogP contribution in [0.25, 0.3) is 0 Å². The van der Waals surface area contributed by atoms with E-state index in [1.54, 1.807) is 0 Å². The fraction of sp³-hybridized carbons (Fsp3) is 0.429. The standard InChI is InChI=1S/C14H15NO3/c16-12-7-11(14(17)18)13(15-12)10-5-4-8-2-1-3-9(8)6-10/h4-6,11,13H,1-3,7H2,(H,15,16)(H,17,18)/t11-,13+/m0/s1. The van der Waals surface area contributed by atoms with E-state index in [0.717, 1.165) is 24.8 Å². The molecule has 1 fully saturated rings. The van der Waals surface area contributed by atoms with Gasteiger partial charge in [-0.25, -0.2) is 0 Å². The summed E-state index contributed by atoms with van der Waals surface area (Å²) in [4.78, 5) is 22.6. The highest BCUT2D eigenvalue weighted by atomic mass is 16.4. The molecule has 3 rings (SSSR count). The van der Waals surface area contributed by atoms with Crippen LogP contribution < -0.4 is 5.32 Å². The molecule has 0 bridgehead atoms. The summed E-state index contributed by atoms with van der Waals surface area (Å²) in [6, 6.07) is 5.72. The number of aryl methyl sites for hydroxylation is 2. The van der Waals surface area contributed by atoms with Crippen molar-refractivity contribution in [2.24, 2.45) is 5.92 Å². The maximum atomic E-state index is 11.4. The number of fused-ring (bicyclic) bond motifs is 1. The van der Waals surface area contributed by atoms with Gasteiger partial charge in [0.1, 0.15) is 0 Å². The first-order chi connectivity index (χ1) is 8.65. The van der Waals surface area contributed by atoms with E-state index in [1.165, 1.54) is 11.1 Å². The van der Waals surface area contributed by atoms with Gasteiger partial charge in [0.05, 0.1) is 12.0 Å². The molecule has 4 heteroatoms. The summed E-state index contributed by atoms with van der Waals surface area (Å²) in [5.74, 6) is -1.72. The minimum Gasteiger partial charge on any atom is -0.481 e. The lowest BCUT2D eigenvalue weighted by atomic mass is 9.92. The number of carbonyl (C=O) groups excluding carboxylic acids is 1. The quantitative estimate of drug-likeness (QED) is 0.828. The third-order valence-electron chi connectivity index (χ3n) is 3.92. The lowest BCUT2D eigenvalue weighted by Crippen LogP contribution is -2.24. The average Bonchev–Trinajstić information content (AvgIpc) is 2.93. The first-order valence-corrected chi connectivity index (χ1v) is 6.29. The van der Waals surface area contributed by atoms with Crippen LogP contribution in [-0.2, 0) is 22.4 Å². The van der Waals surface area contributed by atoms with Crippen LogP contribution in [0, 0.1) is 5.92 Å². The fourth-order valence-electron chi connectivity index (χ4n) is 2.98. The minimum atomic E-state index is -0.904. The summed E-state index contributed by atoms with van der Waals surface area (Å²) in [5.41, 5.74) is 3.58. The maximum Gasteiger partial charge on any atom is 0.309 e. The number of carboxylic acid groups (broad SMARTS) is 1. The van der Waals surface area contributed by atoms with E-state index in [1.807, 2.05) is 6.07 Å². The van der Waals surface area contributed by atoms with Crippen molar-refractivity contribution in [1.29, 1.82) is 0 Å². The second kappa shape index (κ2) is 4.12. The summed E-state index contributed by atoms with van der Waals surface area (Å²) < 4.78 is 0. The molecule has 2 N–H and O–H groups in total. The van der Waals surface area contributed by atoms with Crippen LogP contribution in [0.2, 0.25) is 0 Å². The number of aliphatic carboxylic acids is 1. The summed E-state index contributed by atoms with van der Waals surface area (Å²) >= 11 is 0. The van der Waals surface area contributed by atoms with Crippen molar-refractivity contribution in [2.45, 2.75) is 31.7 Å². The average molecular weight is 245 g/mol. The smallest absolute Gasteiger partial charge is 0.309 e. The van der Waals surface area contributed by atoms with Crippen molar-refractivity contribution >= 4 is 11.9 Å². The Labute approximate surface area is 105 Å². The summed E-state index contributed by atoms with van der Waals surface area (Å²) in [7, 11) is 0. The van der Waals surface area contributed by atoms with Gasteiger partial charge in [-0.2, -0.15) is 0 Å². The van der Waals surface area contributed by atoms with Gasteiger partial charge in [-0.15, -0.1) is 0 Å². The number of rotatable bonds is 2. The largest absolute Gasteiger partial charge is 0.481 e. The molecule has 0 saturated carbocycles. The Hall–Kier alpha value is -1.84. The predicted octanol–water partition coefficient (Wildman–Crippen LogP) is 1.44. The predicted molar refractivity (Wildman–Crippen MR) is 65.1 cm³/mol. The molecule has 0 unspecified atom stereocenters. The van der Waals surface area contributed by atoms with Crippen molar-refractivity contribution in [2.75, 3.05) is 0 Å². The molecule has 0 aromatic heterocycles. The fourth-order valence-corrected chi connectivity index (χ4v) is 2.98. The van der Waals surface area contributed by atoms with Crippen LogP contribution in [0.5, 0.6) is 0 Å². The van der Waals surface area contributed by atoms with E-state index in [0.29, 0.717) is 0 Å². The van der Waals surface area contributed by atoms with Gasteiger partial charge in [0.25, 0.3) is 0 Å². The summed E-state index contributed by atoms with van der Waals surface area (Å²) in [6.45, 7) is 0. The van der Waals surface area contributed by atoms with Crippen LogP contribution in [0.15, 0.2) is 18.2 Å². The Kier molecular flexibility index (Phi) is 2.58. The van der Waals surface area contributed by atoms with E-state index in [-0.39, 0.29) is 18.4 Å². The molecule has 1 aliphatic carbocycles. The van der Waals surface area contributed by atoms with Gasteiger partial charge in [0.15, 0.2) is 0 Å². The van der Waals surface area contributed by atoms with Crippen LogP contribution in [0.1, 0.15) is 35.6 Å². The van der Waals surface area contributed by atoms with Gasteiger partial charge in [-0.3, -0.25) is 9.59 Å².